The van der Waals surface area contributed by atoms with E-state index in [1.54, 1.807) is 0 Å². The van der Waals surface area contributed by atoms with Crippen LogP contribution in [0.4, 0.5) is 0 Å². The van der Waals surface area contributed by atoms with Gasteiger partial charge in [-0.1, -0.05) is 30.7 Å². The summed E-state index contributed by atoms with van der Waals surface area (Å²) in [6.45, 7) is 5.74. The molecular formula is C14H21ClN2. The van der Waals surface area contributed by atoms with E-state index in [0.717, 1.165) is 11.6 Å². The summed E-state index contributed by atoms with van der Waals surface area (Å²) in [4.78, 5) is 2.49. The van der Waals surface area contributed by atoms with Crippen LogP contribution < -0.4 is 5.73 Å². The lowest BCUT2D eigenvalue weighted by Crippen LogP contribution is -2.37. The maximum atomic E-state index is 6.35. The fourth-order valence-corrected chi connectivity index (χ4v) is 2.71. The molecule has 1 atom stereocenters. The Hall–Kier alpha value is -0.570. The average Bonchev–Trinajstić information content (AvgIpc) is 2.39. The van der Waals surface area contributed by atoms with Gasteiger partial charge in [0.05, 0.1) is 0 Å². The molecule has 1 heterocycles. The van der Waals surface area contributed by atoms with Crippen LogP contribution in [-0.4, -0.2) is 24.5 Å². The van der Waals surface area contributed by atoms with Gasteiger partial charge in [-0.25, -0.2) is 0 Å². The topological polar surface area (TPSA) is 29.3 Å². The minimum atomic E-state index is 0.159. The number of likely N-dealkylation sites (tertiary alicyclic amines) is 1. The molecule has 0 amide bonds. The standard InChI is InChI=1S/C14H21ClN2/c1-2-17-9-7-12(8-10-17)14(16)11-3-5-13(15)6-4-11/h3-6,12,14H,2,7-10,16H2,1H3. The third kappa shape index (κ3) is 3.21. The Bertz CT molecular complexity index is 342. The molecule has 0 radical (unpaired) electrons. The van der Waals surface area contributed by atoms with Crippen molar-refractivity contribution in [1.82, 2.24) is 4.90 Å². The van der Waals surface area contributed by atoms with Gasteiger partial charge in [-0.05, 0) is 56.1 Å². The van der Waals surface area contributed by atoms with E-state index in [1.807, 2.05) is 12.1 Å². The summed E-state index contributed by atoms with van der Waals surface area (Å²) >= 11 is 5.89. The minimum absolute atomic E-state index is 0.159. The van der Waals surface area contributed by atoms with Crippen molar-refractivity contribution < 1.29 is 0 Å². The summed E-state index contributed by atoms with van der Waals surface area (Å²) in [6.07, 6.45) is 2.41. The predicted octanol–water partition coefficient (Wildman–Crippen LogP) is 3.07. The number of nitrogens with two attached hydrogens (primary N) is 1. The van der Waals surface area contributed by atoms with E-state index in [2.05, 4.69) is 24.0 Å². The summed E-state index contributed by atoms with van der Waals surface area (Å²) in [5.74, 6) is 0.610. The van der Waals surface area contributed by atoms with Crippen LogP contribution in [0.3, 0.4) is 0 Å². The van der Waals surface area contributed by atoms with Crippen LogP contribution in [0.15, 0.2) is 24.3 Å². The summed E-state index contributed by atoms with van der Waals surface area (Å²) in [7, 11) is 0. The maximum Gasteiger partial charge on any atom is 0.0406 e. The molecule has 94 valence electrons. The maximum absolute atomic E-state index is 6.35. The molecule has 0 aliphatic carbocycles. The van der Waals surface area contributed by atoms with E-state index in [9.17, 15) is 0 Å². The summed E-state index contributed by atoms with van der Waals surface area (Å²) in [5.41, 5.74) is 7.56. The van der Waals surface area contributed by atoms with E-state index >= 15 is 0 Å². The molecule has 0 bridgehead atoms. The number of hydrogen-bond donors (Lipinski definition) is 1. The second kappa shape index (κ2) is 5.85. The van der Waals surface area contributed by atoms with E-state index < -0.39 is 0 Å². The second-order valence-electron chi connectivity index (χ2n) is 4.85. The zero-order valence-corrected chi connectivity index (χ0v) is 11.2. The highest BCUT2D eigenvalue weighted by atomic mass is 35.5. The van der Waals surface area contributed by atoms with Gasteiger partial charge in [-0.2, -0.15) is 0 Å². The second-order valence-corrected chi connectivity index (χ2v) is 5.29. The van der Waals surface area contributed by atoms with Crippen LogP contribution in [0.25, 0.3) is 0 Å². The molecule has 0 saturated carbocycles. The first-order valence-corrected chi connectivity index (χ1v) is 6.82. The summed E-state index contributed by atoms with van der Waals surface area (Å²) in [6, 6.07) is 8.13. The van der Waals surface area contributed by atoms with Crippen molar-refractivity contribution in [2.24, 2.45) is 11.7 Å². The van der Waals surface area contributed by atoms with Gasteiger partial charge in [0.25, 0.3) is 0 Å². The molecule has 2 N–H and O–H groups in total. The molecule has 0 spiro atoms. The SMILES string of the molecule is CCN1CCC(C(N)c2ccc(Cl)cc2)CC1. The van der Waals surface area contributed by atoms with Crippen molar-refractivity contribution in [1.29, 1.82) is 0 Å². The highest BCUT2D eigenvalue weighted by molar-refractivity contribution is 6.30. The molecule has 2 rings (SSSR count). The lowest BCUT2D eigenvalue weighted by atomic mass is 9.86. The van der Waals surface area contributed by atoms with Crippen LogP contribution in [-0.2, 0) is 0 Å². The number of hydrogen-bond acceptors (Lipinski definition) is 2. The minimum Gasteiger partial charge on any atom is -0.324 e. The lowest BCUT2D eigenvalue weighted by Gasteiger charge is -2.34. The molecular weight excluding hydrogens is 232 g/mol. The van der Waals surface area contributed by atoms with Gasteiger partial charge in [-0.3, -0.25) is 0 Å². The van der Waals surface area contributed by atoms with E-state index in [1.165, 1.54) is 31.5 Å². The molecule has 1 fully saturated rings. The Morgan fingerprint density at radius 2 is 1.88 bits per heavy atom. The van der Waals surface area contributed by atoms with E-state index in [4.69, 9.17) is 17.3 Å². The zero-order chi connectivity index (χ0) is 12.3. The third-order valence-corrected chi connectivity index (χ3v) is 4.09. The Labute approximate surface area is 109 Å². The van der Waals surface area contributed by atoms with E-state index in [0.29, 0.717) is 5.92 Å². The molecule has 1 aromatic rings. The number of rotatable bonds is 3. The van der Waals surface area contributed by atoms with Crippen molar-refractivity contribution in [3.63, 3.8) is 0 Å². The van der Waals surface area contributed by atoms with Crippen molar-refractivity contribution in [3.8, 4) is 0 Å². The largest absolute Gasteiger partial charge is 0.324 e. The molecule has 2 nitrogen and oxygen atoms in total. The first-order chi connectivity index (χ1) is 8.20. The van der Waals surface area contributed by atoms with Gasteiger partial charge in [0.15, 0.2) is 0 Å². The Balaban J connectivity index is 1.96. The van der Waals surface area contributed by atoms with Gasteiger partial charge >= 0.3 is 0 Å². The highest BCUT2D eigenvalue weighted by Gasteiger charge is 2.24. The number of halogens is 1. The highest BCUT2D eigenvalue weighted by Crippen LogP contribution is 2.29. The fourth-order valence-electron chi connectivity index (χ4n) is 2.59. The molecule has 0 aromatic heterocycles. The third-order valence-electron chi connectivity index (χ3n) is 3.84. The van der Waals surface area contributed by atoms with Crippen molar-refractivity contribution >= 4 is 11.6 Å². The zero-order valence-electron chi connectivity index (χ0n) is 10.4. The van der Waals surface area contributed by atoms with Gasteiger partial charge in [0.2, 0.25) is 0 Å². The first kappa shape index (κ1) is 12.9. The summed E-state index contributed by atoms with van der Waals surface area (Å²) < 4.78 is 0. The Morgan fingerprint density at radius 3 is 2.41 bits per heavy atom. The van der Waals surface area contributed by atoms with E-state index in [-0.39, 0.29) is 6.04 Å². The molecule has 1 unspecified atom stereocenters. The number of benzene rings is 1. The molecule has 3 heteroatoms. The van der Waals surface area contributed by atoms with Crippen LogP contribution >= 0.6 is 11.6 Å². The lowest BCUT2D eigenvalue weighted by molar-refractivity contribution is 0.176. The van der Waals surface area contributed by atoms with Crippen LogP contribution in [0, 0.1) is 5.92 Å². The number of piperidine rings is 1. The van der Waals surface area contributed by atoms with Crippen LogP contribution in [0.2, 0.25) is 5.02 Å². The quantitative estimate of drug-likeness (QED) is 0.896. The normalized spacial score (nSPS) is 20.4. The summed E-state index contributed by atoms with van der Waals surface area (Å²) in [5, 5.41) is 0.779. The van der Waals surface area contributed by atoms with Gasteiger partial charge in [0, 0.05) is 11.1 Å². The number of nitrogens with zero attached hydrogens (tertiary/aromatic N) is 1. The molecule has 1 aliphatic heterocycles. The smallest absolute Gasteiger partial charge is 0.0406 e. The molecule has 1 aromatic carbocycles. The molecule has 17 heavy (non-hydrogen) atoms. The fraction of sp³-hybridized carbons (Fsp3) is 0.571. The monoisotopic (exact) mass is 252 g/mol. The molecule has 1 saturated heterocycles. The molecule has 1 aliphatic rings. The van der Waals surface area contributed by atoms with Crippen molar-refractivity contribution in [2.45, 2.75) is 25.8 Å². The first-order valence-electron chi connectivity index (χ1n) is 6.44. The van der Waals surface area contributed by atoms with Crippen LogP contribution in [0.1, 0.15) is 31.4 Å². The Morgan fingerprint density at radius 1 is 1.29 bits per heavy atom. The van der Waals surface area contributed by atoms with Crippen molar-refractivity contribution in [2.75, 3.05) is 19.6 Å². The van der Waals surface area contributed by atoms with Crippen molar-refractivity contribution in [3.05, 3.63) is 34.9 Å². The van der Waals surface area contributed by atoms with Gasteiger partial charge in [-0.15, -0.1) is 0 Å². The van der Waals surface area contributed by atoms with Crippen LogP contribution in [0.5, 0.6) is 0 Å². The van der Waals surface area contributed by atoms with Gasteiger partial charge < -0.3 is 10.6 Å². The Kier molecular flexibility index (Phi) is 4.43. The predicted molar refractivity (Wildman–Crippen MR) is 73.2 cm³/mol. The average molecular weight is 253 g/mol. The van der Waals surface area contributed by atoms with Gasteiger partial charge in [0.1, 0.15) is 0 Å².